The number of hydrogen-bond acceptors (Lipinski definition) is 4. The van der Waals surface area contributed by atoms with Gasteiger partial charge in [-0.15, -0.1) is 0 Å². The van der Waals surface area contributed by atoms with Gasteiger partial charge in [0.2, 0.25) is 0 Å². The molecule has 2 N–H and O–H groups in total. The number of ether oxygens (including phenoxy) is 1. The maximum absolute atomic E-state index is 10.8. The van der Waals surface area contributed by atoms with Crippen LogP contribution >= 0.6 is 0 Å². The van der Waals surface area contributed by atoms with Gasteiger partial charge >= 0.3 is 0 Å². The summed E-state index contributed by atoms with van der Waals surface area (Å²) in [4.78, 5) is 0.193. The Morgan fingerprint density at radius 2 is 1.76 bits per heavy atom. The van der Waals surface area contributed by atoms with Crippen molar-refractivity contribution < 1.29 is 13.5 Å². The summed E-state index contributed by atoms with van der Waals surface area (Å²) in [6, 6.07) is 13.1. The molecule has 1 atom stereocenters. The summed E-state index contributed by atoms with van der Waals surface area (Å²) in [5, 5.41) is 0. The van der Waals surface area contributed by atoms with Crippen molar-refractivity contribution in [1.29, 1.82) is 0 Å². The molecule has 0 amide bonds. The Morgan fingerprint density at radius 1 is 1.06 bits per heavy atom. The third-order valence-electron chi connectivity index (χ3n) is 2.11. The average molecular weight is 248 g/mol. The van der Waals surface area contributed by atoms with Gasteiger partial charge in [0.1, 0.15) is 11.5 Å². The molecule has 4 nitrogen and oxygen atoms in total. The van der Waals surface area contributed by atoms with E-state index in [4.69, 9.17) is 10.5 Å². The van der Waals surface area contributed by atoms with Gasteiger partial charge in [-0.05, 0) is 53.5 Å². The average Bonchev–Trinajstić information content (AvgIpc) is 2.32. The summed E-state index contributed by atoms with van der Waals surface area (Å²) in [6.07, 6.45) is 0. The Morgan fingerprint density at radius 3 is 2.41 bits per heavy atom. The molecule has 0 bridgehead atoms. The predicted molar refractivity (Wildman–Crippen MR) is 64.6 cm³/mol. The number of benzene rings is 2. The Hall–Kier alpha value is -1.85. The molecule has 5 heteroatoms. The molecule has 2 rings (SSSR count). The highest BCUT2D eigenvalue weighted by atomic mass is 32.2. The first-order chi connectivity index (χ1) is 8.15. The van der Waals surface area contributed by atoms with Gasteiger partial charge in [0, 0.05) is 10.6 Å². The van der Waals surface area contributed by atoms with Gasteiger partial charge in [-0.2, -0.15) is 0 Å². The van der Waals surface area contributed by atoms with Crippen LogP contribution in [0.4, 0.5) is 5.69 Å². The van der Waals surface area contributed by atoms with Crippen LogP contribution in [-0.2, 0) is 11.1 Å². The van der Waals surface area contributed by atoms with Crippen LogP contribution in [0.2, 0.25) is 0 Å². The molecule has 0 saturated heterocycles. The van der Waals surface area contributed by atoms with E-state index >= 15 is 0 Å². The summed E-state index contributed by atoms with van der Waals surface area (Å²) in [7, 11) is 0. The molecule has 2 aromatic rings. The van der Waals surface area contributed by atoms with E-state index in [0.29, 0.717) is 17.2 Å². The fraction of sp³-hybridized carbons (Fsp3) is 0. The van der Waals surface area contributed by atoms with E-state index in [2.05, 4.69) is 0 Å². The Balaban J connectivity index is 2.21. The highest BCUT2D eigenvalue weighted by Gasteiger charge is 1.99. The smallest absolute Gasteiger partial charge is 0.128 e. The van der Waals surface area contributed by atoms with E-state index in [1.165, 1.54) is 12.1 Å². The van der Waals surface area contributed by atoms with E-state index in [1.54, 1.807) is 36.4 Å². The number of nitrogen functional groups attached to an aromatic ring is 1. The maximum atomic E-state index is 10.8. The molecule has 0 aliphatic heterocycles. The summed E-state index contributed by atoms with van der Waals surface area (Å²) < 4.78 is 27.1. The fourth-order valence-electron chi connectivity index (χ4n) is 1.31. The van der Waals surface area contributed by atoms with E-state index in [1.807, 2.05) is 0 Å². The molecule has 0 spiro atoms. The largest absolute Gasteiger partial charge is 0.768 e. The predicted octanol–water partition coefficient (Wildman–Crippen LogP) is 2.30. The van der Waals surface area contributed by atoms with E-state index in [-0.39, 0.29) is 4.90 Å². The lowest BCUT2D eigenvalue weighted by molar-refractivity contribution is 0.480. The molecule has 0 heterocycles. The SMILES string of the molecule is Nc1ccc(Oc2cccc(S(=O)[O-])c2)cc1. The van der Waals surface area contributed by atoms with Crippen molar-refractivity contribution in [2.75, 3.05) is 5.73 Å². The highest BCUT2D eigenvalue weighted by Crippen LogP contribution is 2.23. The molecule has 2 aromatic carbocycles. The third kappa shape index (κ3) is 3.05. The minimum Gasteiger partial charge on any atom is -0.768 e. The molecule has 0 aliphatic carbocycles. The second kappa shape index (κ2) is 4.99. The van der Waals surface area contributed by atoms with Gasteiger partial charge in [0.25, 0.3) is 0 Å². The lowest BCUT2D eigenvalue weighted by atomic mass is 10.3. The lowest BCUT2D eigenvalue weighted by Crippen LogP contribution is -1.90. The van der Waals surface area contributed by atoms with Crippen LogP contribution in [-0.4, -0.2) is 8.76 Å². The first kappa shape index (κ1) is 11.6. The number of rotatable bonds is 3. The van der Waals surface area contributed by atoms with Crippen molar-refractivity contribution in [3.63, 3.8) is 0 Å². The summed E-state index contributed by atoms with van der Waals surface area (Å²) >= 11 is -2.25. The van der Waals surface area contributed by atoms with Crippen molar-refractivity contribution in [2.24, 2.45) is 0 Å². The van der Waals surface area contributed by atoms with E-state index in [0.717, 1.165) is 0 Å². The lowest BCUT2D eigenvalue weighted by Gasteiger charge is -2.09. The Kier molecular flexibility index (Phi) is 3.41. The second-order valence-corrected chi connectivity index (χ2v) is 4.32. The van der Waals surface area contributed by atoms with Crippen LogP contribution in [0.3, 0.4) is 0 Å². The maximum Gasteiger partial charge on any atom is 0.128 e. The van der Waals surface area contributed by atoms with Gasteiger partial charge in [-0.3, -0.25) is 4.21 Å². The third-order valence-corrected chi connectivity index (χ3v) is 2.75. The van der Waals surface area contributed by atoms with Gasteiger partial charge in [0.15, 0.2) is 0 Å². The van der Waals surface area contributed by atoms with Gasteiger partial charge in [-0.25, -0.2) is 0 Å². The van der Waals surface area contributed by atoms with Gasteiger partial charge in [-0.1, -0.05) is 6.07 Å². The minimum absolute atomic E-state index is 0.193. The minimum atomic E-state index is -2.25. The first-order valence-corrected chi connectivity index (χ1v) is 5.95. The molecule has 0 aliphatic rings. The Labute approximate surface area is 101 Å². The van der Waals surface area contributed by atoms with Crippen molar-refractivity contribution in [2.45, 2.75) is 4.90 Å². The molecule has 17 heavy (non-hydrogen) atoms. The highest BCUT2D eigenvalue weighted by molar-refractivity contribution is 7.79. The van der Waals surface area contributed by atoms with Crippen molar-refractivity contribution >= 4 is 16.8 Å². The zero-order chi connectivity index (χ0) is 12.3. The zero-order valence-corrected chi connectivity index (χ0v) is 9.65. The van der Waals surface area contributed by atoms with Crippen LogP contribution in [0.25, 0.3) is 0 Å². The monoisotopic (exact) mass is 248 g/mol. The fourth-order valence-corrected chi connectivity index (χ4v) is 1.72. The summed E-state index contributed by atoms with van der Waals surface area (Å²) in [5.41, 5.74) is 6.19. The van der Waals surface area contributed by atoms with Crippen molar-refractivity contribution in [1.82, 2.24) is 0 Å². The first-order valence-electron chi connectivity index (χ1n) is 4.88. The molecule has 88 valence electrons. The quantitative estimate of drug-likeness (QED) is 0.668. The normalized spacial score (nSPS) is 12.1. The molecular weight excluding hydrogens is 238 g/mol. The molecule has 0 radical (unpaired) electrons. The standard InChI is InChI=1S/C12H11NO3S/c13-9-4-6-10(7-5-9)16-11-2-1-3-12(8-11)17(14)15/h1-8H,13H2,(H,14,15)/p-1. The van der Waals surface area contributed by atoms with Crippen molar-refractivity contribution in [3.05, 3.63) is 48.5 Å². The Bertz CT molecular complexity index is 540. The van der Waals surface area contributed by atoms with Crippen LogP contribution in [0.1, 0.15) is 0 Å². The number of anilines is 1. The number of nitrogens with two attached hydrogens (primary N) is 1. The van der Waals surface area contributed by atoms with Crippen LogP contribution in [0.15, 0.2) is 53.4 Å². The molecule has 0 fully saturated rings. The van der Waals surface area contributed by atoms with Crippen molar-refractivity contribution in [3.8, 4) is 11.5 Å². The number of hydrogen-bond donors (Lipinski definition) is 1. The van der Waals surface area contributed by atoms with E-state index < -0.39 is 11.1 Å². The molecule has 0 saturated carbocycles. The second-order valence-electron chi connectivity index (χ2n) is 3.38. The molecule has 1 unspecified atom stereocenters. The van der Waals surface area contributed by atoms with E-state index in [9.17, 15) is 8.76 Å². The topological polar surface area (TPSA) is 75.4 Å². The summed E-state index contributed by atoms with van der Waals surface area (Å²) in [6.45, 7) is 0. The molecule has 0 aromatic heterocycles. The van der Waals surface area contributed by atoms with Crippen LogP contribution < -0.4 is 10.5 Å². The molecular formula is C12H10NO3S-. The summed E-state index contributed by atoms with van der Waals surface area (Å²) in [5.74, 6) is 1.07. The van der Waals surface area contributed by atoms with Crippen LogP contribution in [0, 0.1) is 0 Å². The van der Waals surface area contributed by atoms with Gasteiger partial charge < -0.3 is 15.0 Å². The van der Waals surface area contributed by atoms with Crippen LogP contribution in [0.5, 0.6) is 11.5 Å². The zero-order valence-electron chi connectivity index (χ0n) is 8.83. The van der Waals surface area contributed by atoms with Gasteiger partial charge in [0.05, 0.1) is 0 Å².